The smallest absolute Gasteiger partial charge is 0.254 e. The Kier molecular flexibility index (Phi) is 7.78. The van der Waals surface area contributed by atoms with E-state index < -0.39 is 30.2 Å². The minimum Gasteiger partial charge on any atom is -0.394 e. The lowest BCUT2D eigenvalue weighted by Crippen LogP contribution is -2.31. The number of benzene rings is 2. The summed E-state index contributed by atoms with van der Waals surface area (Å²) in [5.74, 6) is -1.54. The lowest BCUT2D eigenvalue weighted by molar-refractivity contribution is 0.0912. The Morgan fingerprint density at radius 1 is 1.14 bits per heavy atom. The molecule has 6 nitrogen and oxygen atoms in total. The summed E-state index contributed by atoms with van der Waals surface area (Å²) in [7, 11) is 0. The number of nitrogens with one attached hydrogen (secondary N) is 1. The molecular formula is C26H26BrF2N3O3. The molecule has 35 heavy (non-hydrogen) atoms. The highest BCUT2D eigenvalue weighted by molar-refractivity contribution is 9.10. The molecule has 1 amide bonds. The topological polar surface area (TPSA) is 108 Å². The second-order valence-corrected chi connectivity index (χ2v) is 9.73. The maximum atomic E-state index is 15.0. The number of amides is 1. The van der Waals surface area contributed by atoms with E-state index in [2.05, 4.69) is 26.2 Å². The van der Waals surface area contributed by atoms with Crippen molar-refractivity contribution in [3.63, 3.8) is 0 Å². The van der Waals surface area contributed by atoms with Crippen LogP contribution in [0.1, 0.15) is 59.1 Å². The number of hydrogen-bond donors (Lipinski definition) is 4. The molecule has 1 atom stereocenters. The van der Waals surface area contributed by atoms with Crippen LogP contribution in [0.25, 0.3) is 11.1 Å². The fraction of sp³-hybridized carbons (Fsp3) is 0.308. The molecule has 0 saturated heterocycles. The number of pyridine rings is 1. The fourth-order valence-corrected chi connectivity index (χ4v) is 4.95. The van der Waals surface area contributed by atoms with E-state index in [1.807, 2.05) is 6.07 Å². The van der Waals surface area contributed by atoms with Crippen LogP contribution in [0.15, 0.2) is 53.1 Å². The van der Waals surface area contributed by atoms with Crippen molar-refractivity contribution in [2.75, 3.05) is 12.3 Å². The number of carbonyl (C=O) groups is 1. The maximum absolute atomic E-state index is 15.0. The van der Waals surface area contributed by atoms with E-state index in [-0.39, 0.29) is 23.4 Å². The highest BCUT2D eigenvalue weighted by Gasteiger charge is 2.23. The number of carbonyl (C=O) groups excluding carboxylic acids is 1. The molecule has 1 saturated carbocycles. The molecule has 0 radical (unpaired) electrons. The lowest BCUT2D eigenvalue weighted by Gasteiger charge is -2.26. The molecule has 0 bridgehead atoms. The van der Waals surface area contributed by atoms with Gasteiger partial charge < -0.3 is 21.3 Å². The van der Waals surface area contributed by atoms with Crippen LogP contribution in [-0.4, -0.2) is 33.8 Å². The van der Waals surface area contributed by atoms with Crippen molar-refractivity contribution in [1.29, 1.82) is 0 Å². The van der Waals surface area contributed by atoms with Crippen LogP contribution >= 0.6 is 15.9 Å². The van der Waals surface area contributed by atoms with E-state index in [0.29, 0.717) is 21.2 Å². The second-order valence-electron chi connectivity index (χ2n) is 8.81. The van der Waals surface area contributed by atoms with E-state index in [1.165, 1.54) is 24.3 Å². The Balaban J connectivity index is 1.55. The first-order valence-corrected chi connectivity index (χ1v) is 12.2. The van der Waals surface area contributed by atoms with Gasteiger partial charge in [0.1, 0.15) is 17.5 Å². The number of halogens is 3. The van der Waals surface area contributed by atoms with Crippen LogP contribution in [0.2, 0.25) is 0 Å². The van der Waals surface area contributed by atoms with Crippen molar-refractivity contribution < 1.29 is 23.8 Å². The van der Waals surface area contributed by atoms with Crippen LogP contribution in [0.4, 0.5) is 14.6 Å². The van der Waals surface area contributed by atoms with Crippen LogP contribution in [0.3, 0.4) is 0 Å². The van der Waals surface area contributed by atoms with E-state index in [4.69, 9.17) is 5.73 Å². The lowest BCUT2D eigenvalue weighted by atomic mass is 9.83. The van der Waals surface area contributed by atoms with Gasteiger partial charge in [0.05, 0.1) is 24.3 Å². The van der Waals surface area contributed by atoms with Crippen molar-refractivity contribution in [3.8, 4) is 11.1 Å². The predicted molar refractivity (Wildman–Crippen MR) is 133 cm³/mol. The molecule has 5 N–H and O–H groups in total. The van der Waals surface area contributed by atoms with E-state index >= 15 is 4.39 Å². The first-order chi connectivity index (χ1) is 16.7. The molecule has 0 aliphatic heterocycles. The van der Waals surface area contributed by atoms with Gasteiger partial charge >= 0.3 is 0 Å². The van der Waals surface area contributed by atoms with E-state index in [9.17, 15) is 19.4 Å². The molecule has 1 fully saturated rings. The maximum Gasteiger partial charge on any atom is 0.254 e. The minimum atomic E-state index is -0.917. The normalized spacial score (nSPS) is 18.8. The number of nitrogen functional groups attached to an aromatic ring is 1. The summed E-state index contributed by atoms with van der Waals surface area (Å²) in [6.07, 6.45) is 4.59. The zero-order valence-electron chi connectivity index (χ0n) is 18.8. The molecule has 1 aromatic heterocycles. The zero-order chi connectivity index (χ0) is 25.1. The zero-order valence-corrected chi connectivity index (χ0v) is 20.4. The van der Waals surface area contributed by atoms with Crippen molar-refractivity contribution in [1.82, 2.24) is 10.3 Å². The molecular weight excluding hydrogens is 520 g/mol. The van der Waals surface area contributed by atoms with Crippen molar-refractivity contribution in [3.05, 3.63) is 81.5 Å². The Morgan fingerprint density at radius 2 is 1.89 bits per heavy atom. The number of rotatable bonds is 6. The van der Waals surface area contributed by atoms with Crippen molar-refractivity contribution >= 4 is 27.7 Å². The van der Waals surface area contributed by atoms with Crippen LogP contribution in [-0.2, 0) is 0 Å². The number of nitrogens with two attached hydrogens (primary N) is 1. The molecule has 9 heteroatoms. The Labute approximate surface area is 210 Å². The van der Waals surface area contributed by atoms with Gasteiger partial charge in [-0.2, -0.15) is 0 Å². The molecule has 1 heterocycles. The van der Waals surface area contributed by atoms with Gasteiger partial charge in [-0.05, 0) is 84.7 Å². The number of hydrogen-bond acceptors (Lipinski definition) is 5. The van der Waals surface area contributed by atoms with Crippen molar-refractivity contribution in [2.45, 2.75) is 43.7 Å². The molecule has 184 valence electrons. The van der Waals surface area contributed by atoms with Gasteiger partial charge in [0, 0.05) is 16.2 Å². The largest absolute Gasteiger partial charge is 0.394 e. The number of nitrogens with zero attached hydrogens (tertiary/aromatic N) is 1. The highest BCUT2D eigenvalue weighted by atomic mass is 79.9. The van der Waals surface area contributed by atoms with E-state index in [1.54, 1.807) is 18.3 Å². The first-order valence-electron chi connectivity index (χ1n) is 11.4. The van der Waals surface area contributed by atoms with Gasteiger partial charge in [0.25, 0.3) is 5.91 Å². The van der Waals surface area contributed by atoms with Crippen LogP contribution < -0.4 is 11.1 Å². The third-order valence-corrected chi connectivity index (χ3v) is 6.87. The first kappa shape index (κ1) is 25.2. The summed E-state index contributed by atoms with van der Waals surface area (Å²) >= 11 is 3.18. The van der Waals surface area contributed by atoms with Gasteiger partial charge in [-0.25, -0.2) is 13.8 Å². The minimum absolute atomic E-state index is 0.216. The molecule has 2 aromatic carbocycles. The standard InChI is InChI=1S/C26H26BrF2N3O3/c27-18-7-16(8-19(28)11-18)24(13-33)32-26(35)21-6-3-15(10-23(21)29)22-9-17(12-31-25(22)30)14-1-4-20(34)5-2-14/h3,6-12,14,20,24,33-34H,1-2,4-5,13H2,(H2,30,31)(H,32,35). The Bertz CT molecular complexity index is 1210. The van der Waals surface area contributed by atoms with Gasteiger partial charge in [-0.1, -0.05) is 22.0 Å². The number of aliphatic hydroxyl groups excluding tert-OH is 2. The summed E-state index contributed by atoms with van der Waals surface area (Å²) < 4.78 is 29.2. The fourth-order valence-electron chi connectivity index (χ4n) is 4.47. The molecule has 4 rings (SSSR count). The SMILES string of the molecule is Nc1ncc(C2CCC(O)CC2)cc1-c1ccc(C(=O)NC(CO)c2cc(F)cc(Br)c2)c(F)c1. The summed E-state index contributed by atoms with van der Waals surface area (Å²) in [6.45, 7) is -0.492. The number of anilines is 1. The predicted octanol–water partition coefficient (Wildman–Crippen LogP) is 4.85. The Morgan fingerprint density at radius 3 is 2.54 bits per heavy atom. The van der Waals surface area contributed by atoms with E-state index in [0.717, 1.165) is 31.2 Å². The summed E-state index contributed by atoms with van der Waals surface area (Å²) in [5.41, 5.74) is 8.24. The van der Waals surface area contributed by atoms with Crippen LogP contribution in [0.5, 0.6) is 0 Å². The summed E-state index contributed by atoms with van der Waals surface area (Å²) in [5, 5.41) is 22.0. The summed E-state index contributed by atoms with van der Waals surface area (Å²) in [6, 6.07) is 9.16. The Hall–Kier alpha value is -2.88. The van der Waals surface area contributed by atoms with Crippen molar-refractivity contribution in [2.24, 2.45) is 0 Å². The van der Waals surface area contributed by atoms with Gasteiger partial charge in [-0.15, -0.1) is 0 Å². The molecule has 1 aliphatic carbocycles. The molecule has 1 unspecified atom stereocenters. The molecule has 3 aromatic rings. The van der Waals surface area contributed by atoms with Gasteiger partial charge in [0.2, 0.25) is 0 Å². The highest BCUT2D eigenvalue weighted by Crippen LogP contribution is 2.36. The average molecular weight is 546 g/mol. The second kappa shape index (κ2) is 10.8. The number of aromatic nitrogens is 1. The number of aliphatic hydroxyl groups is 2. The quantitative estimate of drug-likeness (QED) is 0.354. The third-order valence-electron chi connectivity index (χ3n) is 6.41. The van der Waals surface area contributed by atoms with Gasteiger partial charge in [-0.3, -0.25) is 4.79 Å². The molecule has 0 spiro atoms. The molecule has 1 aliphatic rings. The average Bonchev–Trinajstić information content (AvgIpc) is 2.82. The van der Waals surface area contributed by atoms with Crippen LogP contribution in [0, 0.1) is 11.6 Å². The summed E-state index contributed by atoms with van der Waals surface area (Å²) in [4.78, 5) is 17.0. The monoisotopic (exact) mass is 545 g/mol. The third kappa shape index (κ3) is 5.86. The van der Waals surface area contributed by atoms with Gasteiger partial charge in [0.15, 0.2) is 0 Å².